The summed E-state index contributed by atoms with van der Waals surface area (Å²) in [6.45, 7) is 6.73. The van der Waals surface area contributed by atoms with Crippen LogP contribution in [-0.4, -0.2) is 11.1 Å². The fraction of sp³-hybridized carbons (Fsp3) is 0.682. The lowest BCUT2D eigenvalue weighted by Gasteiger charge is -2.14. The lowest BCUT2D eigenvalue weighted by Crippen LogP contribution is -2.01. The van der Waals surface area contributed by atoms with E-state index in [0.29, 0.717) is 0 Å². The van der Waals surface area contributed by atoms with Crippen LogP contribution in [-0.2, 0) is 4.79 Å². The molecule has 0 aromatic rings. The zero-order chi connectivity index (χ0) is 18.1. The quantitative estimate of drug-likeness (QED) is 0.257. The molecule has 0 aliphatic carbocycles. The molecule has 0 aromatic carbocycles. The Kier molecular flexibility index (Phi) is 14.4. The minimum atomic E-state index is -0.710. The van der Waals surface area contributed by atoms with Gasteiger partial charge in [-0.15, -0.1) is 0 Å². The van der Waals surface area contributed by atoms with E-state index >= 15 is 0 Å². The van der Waals surface area contributed by atoms with Crippen molar-refractivity contribution in [2.75, 3.05) is 0 Å². The smallest absolute Gasteiger partial charge is 0.303 e. The van der Waals surface area contributed by atoms with Gasteiger partial charge in [0, 0.05) is 11.8 Å². The Hall–Kier alpha value is -1.31. The lowest BCUT2D eigenvalue weighted by atomic mass is 9.91. The molecule has 0 saturated heterocycles. The summed E-state index contributed by atoms with van der Waals surface area (Å²) >= 11 is 0. The van der Waals surface area contributed by atoms with E-state index in [9.17, 15) is 4.79 Å². The molecule has 0 atom stereocenters. The Balaban J connectivity index is 3.76. The van der Waals surface area contributed by atoms with Crippen molar-refractivity contribution in [2.24, 2.45) is 5.41 Å². The van der Waals surface area contributed by atoms with Gasteiger partial charge in [0.2, 0.25) is 0 Å². The van der Waals surface area contributed by atoms with Crippen LogP contribution >= 0.6 is 0 Å². The van der Waals surface area contributed by atoms with Gasteiger partial charge in [-0.3, -0.25) is 4.79 Å². The van der Waals surface area contributed by atoms with Gasteiger partial charge < -0.3 is 5.11 Å². The van der Waals surface area contributed by atoms with Gasteiger partial charge in [-0.05, 0) is 32.1 Å². The van der Waals surface area contributed by atoms with E-state index in [1.165, 1.54) is 44.9 Å². The molecule has 2 heteroatoms. The molecule has 24 heavy (non-hydrogen) atoms. The highest BCUT2D eigenvalue weighted by atomic mass is 16.4. The number of unbranched alkanes of at least 4 members (excludes halogenated alkanes) is 7. The highest BCUT2D eigenvalue weighted by Crippen LogP contribution is 2.20. The Morgan fingerprint density at radius 3 is 2.17 bits per heavy atom. The van der Waals surface area contributed by atoms with Crippen LogP contribution in [0, 0.1) is 5.41 Å². The van der Waals surface area contributed by atoms with Gasteiger partial charge in [-0.2, -0.15) is 0 Å². The zero-order valence-corrected chi connectivity index (χ0v) is 16.1. The van der Waals surface area contributed by atoms with Gasteiger partial charge in [-0.25, -0.2) is 0 Å². The van der Waals surface area contributed by atoms with E-state index in [4.69, 9.17) is 5.11 Å². The minimum Gasteiger partial charge on any atom is -0.481 e. The molecule has 0 unspecified atom stereocenters. The second-order valence-corrected chi connectivity index (χ2v) is 7.18. The highest BCUT2D eigenvalue weighted by Gasteiger charge is 2.07. The Morgan fingerprint density at radius 1 is 0.833 bits per heavy atom. The number of carboxylic acids is 1. The van der Waals surface area contributed by atoms with Gasteiger partial charge in [0.05, 0.1) is 0 Å². The summed E-state index contributed by atoms with van der Waals surface area (Å²) < 4.78 is 0. The lowest BCUT2D eigenvalue weighted by molar-refractivity contribution is -0.137. The number of carboxylic acid groups (broad SMARTS) is 1. The molecule has 1 N–H and O–H groups in total. The molecule has 0 amide bonds. The number of allylic oxidation sites excluding steroid dienone is 6. The molecule has 0 aliphatic rings. The minimum absolute atomic E-state index is 0.110. The summed E-state index contributed by atoms with van der Waals surface area (Å²) in [5, 5.41) is 8.55. The van der Waals surface area contributed by atoms with Gasteiger partial charge >= 0.3 is 5.97 Å². The maximum atomic E-state index is 10.4. The fourth-order valence-corrected chi connectivity index (χ4v) is 2.52. The summed E-state index contributed by atoms with van der Waals surface area (Å²) in [4.78, 5) is 10.4. The van der Waals surface area contributed by atoms with Crippen molar-refractivity contribution in [2.45, 2.75) is 91.4 Å². The fourth-order valence-electron chi connectivity index (χ4n) is 2.52. The summed E-state index contributed by atoms with van der Waals surface area (Å²) in [6.07, 6.45) is 25.3. The first-order valence-corrected chi connectivity index (χ1v) is 9.70. The Morgan fingerprint density at radius 2 is 1.46 bits per heavy atom. The second kappa shape index (κ2) is 15.2. The summed E-state index contributed by atoms with van der Waals surface area (Å²) in [5.41, 5.74) is 0.110. The van der Waals surface area contributed by atoms with Gasteiger partial charge in [0.25, 0.3) is 0 Å². The number of carbonyl (C=O) groups is 1. The molecule has 0 fully saturated rings. The van der Waals surface area contributed by atoms with Crippen LogP contribution in [0.15, 0.2) is 36.5 Å². The topological polar surface area (TPSA) is 37.3 Å². The third-order valence-corrected chi connectivity index (χ3v) is 4.02. The molecule has 2 nitrogen and oxygen atoms in total. The van der Waals surface area contributed by atoms with Crippen LogP contribution in [0.4, 0.5) is 0 Å². The van der Waals surface area contributed by atoms with E-state index in [1.54, 1.807) is 0 Å². The average Bonchev–Trinajstić information content (AvgIpc) is 2.52. The molecular formula is C22H38O2. The van der Waals surface area contributed by atoms with E-state index in [2.05, 4.69) is 57.2 Å². The van der Waals surface area contributed by atoms with E-state index in [1.807, 2.05) is 0 Å². The van der Waals surface area contributed by atoms with E-state index < -0.39 is 5.97 Å². The van der Waals surface area contributed by atoms with E-state index in [-0.39, 0.29) is 11.8 Å². The van der Waals surface area contributed by atoms with Crippen molar-refractivity contribution < 1.29 is 9.90 Å². The molecule has 0 bridgehead atoms. The predicted octanol–water partition coefficient (Wildman–Crippen LogP) is 7.08. The van der Waals surface area contributed by atoms with Crippen molar-refractivity contribution >= 4 is 5.97 Å². The van der Waals surface area contributed by atoms with Crippen LogP contribution in [0.1, 0.15) is 91.4 Å². The SMILES string of the molecule is CCCCCCCCC=CC(C)(C)C=CC/C=C\CCCC(=O)O. The molecule has 138 valence electrons. The van der Waals surface area contributed by atoms with Gasteiger partial charge in [0.15, 0.2) is 0 Å². The first-order chi connectivity index (χ1) is 11.5. The van der Waals surface area contributed by atoms with Crippen molar-refractivity contribution in [1.29, 1.82) is 0 Å². The van der Waals surface area contributed by atoms with Gasteiger partial charge in [0.1, 0.15) is 0 Å². The Labute approximate surface area is 149 Å². The first-order valence-electron chi connectivity index (χ1n) is 9.70. The van der Waals surface area contributed by atoms with Crippen LogP contribution in [0.5, 0.6) is 0 Å². The summed E-state index contributed by atoms with van der Waals surface area (Å²) in [5.74, 6) is -0.710. The Bertz CT molecular complexity index is 389. The average molecular weight is 335 g/mol. The van der Waals surface area contributed by atoms with E-state index in [0.717, 1.165) is 19.3 Å². The molecular weight excluding hydrogens is 296 g/mol. The molecule has 0 radical (unpaired) electrons. The standard InChI is InChI=1S/C22H38O2/c1-4-5-6-7-8-10-13-16-19-22(2,3)20-17-14-11-9-12-15-18-21(23)24/h9,11,16-17,19-20H,4-8,10,12-15,18H2,1-3H3,(H,23,24)/b11-9-,19-16?,20-17?. The van der Waals surface area contributed by atoms with Crippen molar-refractivity contribution in [3.63, 3.8) is 0 Å². The molecule has 0 saturated carbocycles. The number of hydrogen-bond acceptors (Lipinski definition) is 1. The highest BCUT2D eigenvalue weighted by molar-refractivity contribution is 5.66. The number of hydrogen-bond donors (Lipinski definition) is 1. The summed E-state index contributed by atoms with van der Waals surface area (Å²) in [6, 6.07) is 0. The molecule has 0 spiro atoms. The maximum absolute atomic E-state index is 10.4. The van der Waals surface area contributed by atoms with Crippen LogP contribution in [0.3, 0.4) is 0 Å². The zero-order valence-electron chi connectivity index (χ0n) is 16.1. The van der Waals surface area contributed by atoms with Crippen molar-refractivity contribution in [3.8, 4) is 0 Å². The maximum Gasteiger partial charge on any atom is 0.303 e. The number of aliphatic carboxylic acids is 1. The molecule has 0 rings (SSSR count). The third kappa shape index (κ3) is 17.1. The van der Waals surface area contributed by atoms with Gasteiger partial charge in [-0.1, -0.05) is 89.3 Å². The second-order valence-electron chi connectivity index (χ2n) is 7.18. The first kappa shape index (κ1) is 22.7. The van der Waals surface area contributed by atoms with Crippen molar-refractivity contribution in [1.82, 2.24) is 0 Å². The largest absolute Gasteiger partial charge is 0.481 e. The number of rotatable bonds is 15. The monoisotopic (exact) mass is 334 g/mol. The molecule has 0 aromatic heterocycles. The molecule has 0 aliphatic heterocycles. The summed E-state index contributed by atoms with van der Waals surface area (Å²) in [7, 11) is 0. The van der Waals surface area contributed by atoms with Crippen LogP contribution in [0.25, 0.3) is 0 Å². The normalized spacial score (nSPS) is 12.8. The van der Waals surface area contributed by atoms with Crippen molar-refractivity contribution in [3.05, 3.63) is 36.5 Å². The predicted molar refractivity (Wildman–Crippen MR) is 105 cm³/mol. The van der Waals surface area contributed by atoms with Crippen LogP contribution < -0.4 is 0 Å². The van der Waals surface area contributed by atoms with Crippen LogP contribution in [0.2, 0.25) is 0 Å². The third-order valence-electron chi connectivity index (χ3n) is 4.02. The molecule has 0 heterocycles.